The van der Waals surface area contributed by atoms with Gasteiger partial charge in [0, 0.05) is 5.39 Å². The van der Waals surface area contributed by atoms with Gasteiger partial charge < -0.3 is 4.52 Å². The van der Waals surface area contributed by atoms with Crippen LogP contribution in [-0.4, -0.2) is 9.79 Å². The second kappa shape index (κ2) is 3.66. The van der Waals surface area contributed by atoms with Crippen LogP contribution in [0.1, 0.15) is 0 Å². The highest BCUT2D eigenvalue weighted by Crippen LogP contribution is 2.40. The Morgan fingerprint density at radius 2 is 1.67 bits per heavy atom. The zero-order chi connectivity index (χ0) is 10.9. The Kier molecular flexibility index (Phi) is 2.49. The van der Waals surface area contributed by atoms with Gasteiger partial charge in [0.1, 0.15) is 5.75 Å². The van der Waals surface area contributed by atoms with E-state index in [0.29, 0.717) is 5.39 Å². The van der Waals surface area contributed by atoms with Gasteiger partial charge >= 0.3 is 7.82 Å². The second-order valence-electron chi connectivity index (χ2n) is 3.06. The Labute approximate surface area is 86.4 Å². The predicted octanol–water partition coefficient (Wildman–Crippen LogP) is 2.31. The van der Waals surface area contributed by atoms with Gasteiger partial charge in [-0.3, -0.25) is 9.79 Å². The average Bonchev–Trinajstić information content (AvgIpc) is 2.16. The Bertz CT molecular complexity index is 526. The molecule has 0 saturated heterocycles. The highest BCUT2D eigenvalue weighted by Gasteiger charge is 2.16. The van der Waals surface area contributed by atoms with Crippen molar-refractivity contribution < 1.29 is 18.9 Å². The zero-order valence-corrected chi connectivity index (χ0v) is 8.59. The van der Waals surface area contributed by atoms with E-state index in [1.807, 2.05) is 18.2 Å². The molecule has 0 amide bonds. The minimum absolute atomic E-state index is 0.196. The summed E-state index contributed by atoms with van der Waals surface area (Å²) in [5.74, 6) is 0.196. The van der Waals surface area contributed by atoms with E-state index in [4.69, 9.17) is 9.79 Å². The van der Waals surface area contributed by atoms with Gasteiger partial charge in [0.2, 0.25) is 0 Å². The van der Waals surface area contributed by atoms with Crippen molar-refractivity contribution in [3.05, 3.63) is 42.5 Å². The maximum absolute atomic E-state index is 10.7. The topological polar surface area (TPSA) is 66.8 Å². The molecule has 15 heavy (non-hydrogen) atoms. The van der Waals surface area contributed by atoms with E-state index in [0.717, 1.165) is 5.39 Å². The molecule has 0 aliphatic rings. The summed E-state index contributed by atoms with van der Waals surface area (Å²) in [6.45, 7) is 0. The molecule has 4 nitrogen and oxygen atoms in total. The molecular weight excluding hydrogens is 215 g/mol. The van der Waals surface area contributed by atoms with E-state index in [1.54, 1.807) is 18.2 Å². The summed E-state index contributed by atoms with van der Waals surface area (Å²) in [4.78, 5) is 17.4. The SMILES string of the molecule is O=P(O)(O)Oc1cccc2ccccc12. The molecule has 0 aliphatic carbocycles. The van der Waals surface area contributed by atoms with Crippen molar-refractivity contribution in [1.29, 1.82) is 0 Å². The van der Waals surface area contributed by atoms with Gasteiger partial charge in [-0.05, 0) is 11.5 Å². The van der Waals surface area contributed by atoms with Crippen LogP contribution in [-0.2, 0) is 4.57 Å². The lowest BCUT2D eigenvalue weighted by atomic mass is 10.1. The van der Waals surface area contributed by atoms with Crippen molar-refractivity contribution in [2.45, 2.75) is 0 Å². The van der Waals surface area contributed by atoms with E-state index in [2.05, 4.69) is 4.52 Å². The number of hydrogen-bond acceptors (Lipinski definition) is 2. The summed E-state index contributed by atoms with van der Waals surface area (Å²) in [5, 5.41) is 1.56. The van der Waals surface area contributed by atoms with Crippen LogP contribution in [0.3, 0.4) is 0 Å². The smallest absolute Gasteiger partial charge is 0.404 e. The Morgan fingerprint density at radius 3 is 2.40 bits per heavy atom. The number of benzene rings is 2. The lowest BCUT2D eigenvalue weighted by molar-refractivity contribution is 0.284. The number of phosphoric ester groups is 1. The summed E-state index contributed by atoms with van der Waals surface area (Å²) in [6, 6.07) is 12.3. The van der Waals surface area contributed by atoms with Crippen LogP contribution < -0.4 is 4.52 Å². The summed E-state index contributed by atoms with van der Waals surface area (Å²) in [5.41, 5.74) is 0. The van der Waals surface area contributed by atoms with Crippen LogP contribution >= 0.6 is 7.82 Å². The first kappa shape index (κ1) is 10.2. The molecule has 0 bridgehead atoms. The van der Waals surface area contributed by atoms with Crippen molar-refractivity contribution in [2.24, 2.45) is 0 Å². The van der Waals surface area contributed by atoms with Gasteiger partial charge in [0.25, 0.3) is 0 Å². The molecule has 0 fully saturated rings. The van der Waals surface area contributed by atoms with Crippen LogP contribution in [0.2, 0.25) is 0 Å². The first-order chi connectivity index (χ1) is 7.06. The number of fused-ring (bicyclic) bond motifs is 1. The summed E-state index contributed by atoms with van der Waals surface area (Å²) in [7, 11) is -4.49. The molecule has 2 rings (SSSR count). The van der Waals surface area contributed by atoms with Crippen molar-refractivity contribution in [3.8, 4) is 5.75 Å². The van der Waals surface area contributed by atoms with Crippen molar-refractivity contribution in [3.63, 3.8) is 0 Å². The maximum Gasteiger partial charge on any atom is 0.524 e. The third kappa shape index (κ3) is 2.36. The first-order valence-corrected chi connectivity index (χ1v) is 5.82. The van der Waals surface area contributed by atoms with Gasteiger partial charge in [-0.1, -0.05) is 36.4 Å². The van der Waals surface area contributed by atoms with Gasteiger partial charge in [0.15, 0.2) is 0 Å². The standard InChI is InChI=1S/C10H9O4P/c11-15(12,13)14-10-7-3-5-8-4-1-2-6-9(8)10/h1-7H,(H2,11,12,13). The fraction of sp³-hybridized carbons (Fsp3) is 0. The normalized spacial score (nSPS) is 11.6. The van der Waals surface area contributed by atoms with Crippen LogP contribution in [0.15, 0.2) is 42.5 Å². The van der Waals surface area contributed by atoms with Crippen LogP contribution in [0.4, 0.5) is 0 Å². The van der Waals surface area contributed by atoms with Crippen LogP contribution in [0.25, 0.3) is 10.8 Å². The summed E-state index contributed by atoms with van der Waals surface area (Å²) >= 11 is 0. The third-order valence-electron chi connectivity index (χ3n) is 1.97. The minimum Gasteiger partial charge on any atom is -0.404 e. The van der Waals surface area contributed by atoms with E-state index < -0.39 is 7.82 Å². The van der Waals surface area contributed by atoms with Gasteiger partial charge in [0.05, 0.1) is 0 Å². The van der Waals surface area contributed by atoms with E-state index in [9.17, 15) is 4.57 Å². The van der Waals surface area contributed by atoms with Gasteiger partial charge in [-0.25, -0.2) is 4.57 Å². The molecule has 0 aliphatic heterocycles. The molecule has 2 aromatic carbocycles. The summed E-state index contributed by atoms with van der Waals surface area (Å²) < 4.78 is 15.3. The quantitative estimate of drug-likeness (QED) is 0.768. The Balaban J connectivity index is 2.56. The number of phosphoric acid groups is 1. The van der Waals surface area contributed by atoms with Gasteiger partial charge in [-0.15, -0.1) is 0 Å². The highest BCUT2D eigenvalue weighted by molar-refractivity contribution is 7.46. The molecule has 0 spiro atoms. The molecule has 0 atom stereocenters. The van der Waals surface area contributed by atoms with E-state index in [-0.39, 0.29) is 5.75 Å². The van der Waals surface area contributed by atoms with Crippen molar-refractivity contribution >= 4 is 18.6 Å². The fourth-order valence-electron chi connectivity index (χ4n) is 1.40. The first-order valence-electron chi connectivity index (χ1n) is 4.29. The Morgan fingerprint density at radius 1 is 1.00 bits per heavy atom. The van der Waals surface area contributed by atoms with E-state index >= 15 is 0 Å². The lowest BCUT2D eigenvalue weighted by Crippen LogP contribution is -1.90. The average molecular weight is 224 g/mol. The molecule has 0 aromatic heterocycles. The molecular formula is C10H9O4P. The predicted molar refractivity (Wildman–Crippen MR) is 56.6 cm³/mol. The molecule has 78 valence electrons. The molecule has 0 saturated carbocycles. The van der Waals surface area contributed by atoms with Crippen LogP contribution in [0, 0.1) is 0 Å². The zero-order valence-electron chi connectivity index (χ0n) is 7.70. The third-order valence-corrected chi connectivity index (χ3v) is 2.40. The molecule has 0 heterocycles. The maximum atomic E-state index is 10.7. The molecule has 5 heteroatoms. The molecule has 2 N–H and O–H groups in total. The largest absolute Gasteiger partial charge is 0.524 e. The second-order valence-corrected chi connectivity index (χ2v) is 4.22. The van der Waals surface area contributed by atoms with Gasteiger partial charge in [-0.2, -0.15) is 0 Å². The monoisotopic (exact) mass is 224 g/mol. The fourth-order valence-corrected chi connectivity index (χ4v) is 1.82. The van der Waals surface area contributed by atoms with Crippen molar-refractivity contribution in [1.82, 2.24) is 0 Å². The molecule has 0 radical (unpaired) electrons. The lowest BCUT2D eigenvalue weighted by Gasteiger charge is -2.09. The van der Waals surface area contributed by atoms with E-state index in [1.165, 1.54) is 6.07 Å². The number of rotatable bonds is 2. The minimum atomic E-state index is -4.49. The Hall–Kier alpha value is -1.35. The molecule has 2 aromatic rings. The number of hydrogen-bond donors (Lipinski definition) is 2. The molecule has 0 unspecified atom stereocenters. The van der Waals surface area contributed by atoms with Crippen LogP contribution in [0.5, 0.6) is 5.75 Å². The highest BCUT2D eigenvalue weighted by atomic mass is 31.2. The van der Waals surface area contributed by atoms with Crippen molar-refractivity contribution in [2.75, 3.05) is 0 Å². The summed E-state index contributed by atoms with van der Waals surface area (Å²) in [6.07, 6.45) is 0.